The number of hydrogen-bond acceptors (Lipinski definition) is 5. The molecule has 0 spiro atoms. The van der Waals surface area contributed by atoms with Crippen molar-refractivity contribution in [1.29, 1.82) is 0 Å². The predicted octanol–water partition coefficient (Wildman–Crippen LogP) is 4.32. The highest BCUT2D eigenvalue weighted by Gasteiger charge is 2.20. The number of benzene rings is 1. The van der Waals surface area contributed by atoms with Crippen molar-refractivity contribution < 1.29 is 18.6 Å². The van der Waals surface area contributed by atoms with Crippen LogP contribution in [0.1, 0.15) is 33.6 Å². The van der Waals surface area contributed by atoms with Crippen molar-refractivity contribution in [3.63, 3.8) is 0 Å². The zero-order valence-electron chi connectivity index (χ0n) is 14.6. The van der Waals surface area contributed by atoms with Gasteiger partial charge in [0.05, 0.1) is 19.8 Å². The van der Waals surface area contributed by atoms with Gasteiger partial charge in [0.15, 0.2) is 5.75 Å². The van der Waals surface area contributed by atoms with E-state index in [0.717, 1.165) is 12.8 Å². The van der Waals surface area contributed by atoms with Crippen LogP contribution in [-0.4, -0.2) is 19.8 Å². The van der Waals surface area contributed by atoms with Crippen molar-refractivity contribution in [3.8, 4) is 17.2 Å². The maximum absolute atomic E-state index is 12.1. The molecule has 1 aromatic heterocycles. The molecule has 5 heteroatoms. The van der Waals surface area contributed by atoms with Gasteiger partial charge in [-0.25, -0.2) is 4.79 Å². The van der Waals surface area contributed by atoms with Gasteiger partial charge in [0.1, 0.15) is 16.7 Å². The highest BCUT2D eigenvalue weighted by atomic mass is 16.5. The van der Waals surface area contributed by atoms with Crippen molar-refractivity contribution >= 4 is 11.0 Å². The van der Waals surface area contributed by atoms with E-state index in [0.29, 0.717) is 29.1 Å². The molecule has 0 fully saturated rings. The monoisotopic (exact) mass is 332 g/mol. The van der Waals surface area contributed by atoms with Gasteiger partial charge < -0.3 is 18.6 Å². The van der Waals surface area contributed by atoms with Crippen LogP contribution >= 0.6 is 0 Å². The molecular weight excluding hydrogens is 308 g/mol. The van der Waals surface area contributed by atoms with Gasteiger partial charge in [-0.05, 0) is 38.8 Å². The molecule has 5 nitrogen and oxygen atoms in total. The molecule has 0 saturated carbocycles. The van der Waals surface area contributed by atoms with Gasteiger partial charge in [0.25, 0.3) is 0 Å². The highest BCUT2D eigenvalue weighted by molar-refractivity contribution is 5.91. The van der Waals surface area contributed by atoms with Crippen LogP contribution in [0.2, 0.25) is 0 Å². The summed E-state index contributed by atoms with van der Waals surface area (Å²) in [5.74, 6) is 1.02. The number of allylic oxidation sites excluding steroid dienone is 1. The smallest absolute Gasteiger partial charge is 0.383 e. The summed E-state index contributed by atoms with van der Waals surface area (Å²) in [5.41, 5.74) is -0.149. The lowest BCUT2D eigenvalue weighted by Crippen LogP contribution is -2.11. The zero-order valence-corrected chi connectivity index (χ0v) is 14.6. The van der Waals surface area contributed by atoms with Crippen LogP contribution in [0.25, 0.3) is 11.0 Å². The summed E-state index contributed by atoms with van der Waals surface area (Å²) in [6.07, 6.45) is 5.82. The van der Waals surface area contributed by atoms with Gasteiger partial charge in [-0.3, -0.25) is 0 Å². The predicted molar refractivity (Wildman–Crippen MR) is 94.3 cm³/mol. The third-order valence-electron chi connectivity index (χ3n) is 3.31. The van der Waals surface area contributed by atoms with Gasteiger partial charge in [0, 0.05) is 0 Å². The molecule has 0 unspecified atom stereocenters. The standard InChI is InChI=1S/C19H24O5/c1-5-6-7-8-12-22-17-16-14(23-13(2)3)10-9-11-15(16)24-19(20)18(17)21-4/h6-7,9-11,13H,5,8,12H2,1-4H3/b7-6+. The minimum Gasteiger partial charge on any atom is -0.490 e. The molecule has 0 aliphatic rings. The van der Waals surface area contributed by atoms with Crippen LogP contribution in [0.3, 0.4) is 0 Å². The molecule has 0 aliphatic heterocycles. The lowest BCUT2D eigenvalue weighted by molar-refractivity contribution is 0.243. The summed E-state index contributed by atoms with van der Waals surface area (Å²) in [7, 11) is 1.42. The van der Waals surface area contributed by atoms with E-state index in [2.05, 4.69) is 13.0 Å². The van der Waals surface area contributed by atoms with Crippen LogP contribution < -0.4 is 19.8 Å². The number of ether oxygens (including phenoxy) is 3. The molecule has 0 aliphatic carbocycles. The average molecular weight is 332 g/mol. The van der Waals surface area contributed by atoms with Crippen LogP contribution in [0, 0.1) is 0 Å². The Kier molecular flexibility index (Phi) is 6.29. The summed E-state index contributed by atoms with van der Waals surface area (Å²) in [4.78, 5) is 12.1. The largest absolute Gasteiger partial charge is 0.490 e. The summed E-state index contributed by atoms with van der Waals surface area (Å²) >= 11 is 0. The minimum atomic E-state index is -0.564. The topological polar surface area (TPSA) is 57.9 Å². The molecule has 2 rings (SSSR count). The number of hydrogen-bond donors (Lipinski definition) is 0. The van der Waals surface area contributed by atoms with E-state index >= 15 is 0 Å². The fraction of sp³-hybridized carbons (Fsp3) is 0.421. The summed E-state index contributed by atoms with van der Waals surface area (Å²) in [6, 6.07) is 5.32. The normalized spacial score (nSPS) is 11.4. The average Bonchev–Trinajstić information content (AvgIpc) is 2.53. The number of methoxy groups -OCH3 is 1. The number of rotatable bonds is 8. The fourth-order valence-electron chi connectivity index (χ4n) is 2.35. The highest BCUT2D eigenvalue weighted by Crippen LogP contribution is 2.39. The van der Waals surface area contributed by atoms with Crippen LogP contribution in [0.15, 0.2) is 39.6 Å². The molecule has 2 aromatic rings. The van der Waals surface area contributed by atoms with E-state index in [-0.39, 0.29) is 11.9 Å². The van der Waals surface area contributed by atoms with Crippen LogP contribution in [-0.2, 0) is 0 Å². The first-order valence-electron chi connectivity index (χ1n) is 8.16. The molecule has 130 valence electrons. The Hall–Kier alpha value is -2.43. The fourth-order valence-corrected chi connectivity index (χ4v) is 2.35. The summed E-state index contributed by atoms with van der Waals surface area (Å²) in [6.45, 7) is 6.38. The maximum Gasteiger partial charge on any atom is 0.383 e. The van der Waals surface area contributed by atoms with Gasteiger partial charge >= 0.3 is 5.63 Å². The second kappa shape index (κ2) is 8.43. The molecule has 24 heavy (non-hydrogen) atoms. The Balaban J connectivity index is 2.50. The summed E-state index contributed by atoms with van der Waals surface area (Å²) < 4.78 is 22.3. The third-order valence-corrected chi connectivity index (χ3v) is 3.31. The molecule has 0 radical (unpaired) electrons. The van der Waals surface area contributed by atoms with Crippen molar-refractivity contribution in [1.82, 2.24) is 0 Å². The second-order valence-electron chi connectivity index (χ2n) is 5.56. The lowest BCUT2D eigenvalue weighted by atomic mass is 10.2. The van der Waals surface area contributed by atoms with E-state index in [4.69, 9.17) is 18.6 Å². The van der Waals surface area contributed by atoms with E-state index < -0.39 is 5.63 Å². The van der Waals surface area contributed by atoms with Crippen molar-refractivity contribution in [2.45, 2.75) is 39.7 Å². The summed E-state index contributed by atoms with van der Waals surface area (Å²) in [5, 5.41) is 0.613. The quantitative estimate of drug-likeness (QED) is 0.409. The molecule has 0 N–H and O–H groups in total. The Labute approximate surface area is 141 Å². The zero-order chi connectivity index (χ0) is 17.5. The van der Waals surface area contributed by atoms with Crippen LogP contribution in [0.5, 0.6) is 17.2 Å². The lowest BCUT2D eigenvalue weighted by Gasteiger charge is -2.16. The van der Waals surface area contributed by atoms with E-state index in [1.807, 2.05) is 26.0 Å². The van der Waals surface area contributed by atoms with Gasteiger partial charge in [-0.2, -0.15) is 0 Å². The molecule has 0 atom stereocenters. The molecule has 0 amide bonds. The van der Waals surface area contributed by atoms with Crippen molar-refractivity contribution in [2.24, 2.45) is 0 Å². The molecule has 0 bridgehead atoms. The van der Waals surface area contributed by atoms with Crippen LogP contribution in [0.4, 0.5) is 0 Å². The second-order valence-corrected chi connectivity index (χ2v) is 5.56. The van der Waals surface area contributed by atoms with E-state index in [1.165, 1.54) is 7.11 Å². The van der Waals surface area contributed by atoms with E-state index in [9.17, 15) is 4.79 Å². The van der Waals surface area contributed by atoms with E-state index in [1.54, 1.807) is 12.1 Å². The first-order chi connectivity index (χ1) is 11.6. The Morgan fingerprint density at radius 3 is 2.67 bits per heavy atom. The maximum atomic E-state index is 12.1. The van der Waals surface area contributed by atoms with Gasteiger partial charge in [0.2, 0.25) is 5.75 Å². The Morgan fingerprint density at radius 2 is 2.00 bits per heavy atom. The van der Waals surface area contributed by atoms with Crippen molar-refractivity contribution in [2.75, 3.05) is 13.7 Å². The van der Waals surface area contributed by atoms with Crippen molar-refractivity contribution in [3.05, 3.63) is 40.8 Å². The third kappa shape index (κ3) is 4.10. The first-order valence-corrected chi connectivity index (χ1v) is 8.16. The first kappa shape index (κ1) is 17.9. The Morgan fingerprint density at radius 1 is 1.21 bits per heavy atom. The molecule has 1 aromatic carbocycles. The van der Waals surface area contributed by atoms with Gasteiger partial charge in [-0.1, -0.05) is 25.1 Å². The molecule has 0 saturated heterocycles. The Bertz CT molecular complexity index is 758. The molecule has 1 heterocycles. The number of fused-ring (bicyclic) bond motifs is 1. The molecular formula is C19H24O5. The minimum absolute atomic E-state index is 0.0196. The SMILES string of the molecule is CC/C=C/CCOc1c(OC)c(=O)oc2cccc(OC(C)C)c12. The van der Waals surface area contributed by atoms with Gasteiger partial charge in [-0.15, -0.1) is 0 Å².